The normalized spacial score (nSPS) is 12.7. The Morgan fingerprint density at radius 2 is 0.703 bits per heavy atom. The van der Waals surface area contributed by atoms with Crippen LogP contribution in [0.15, 0.2) is 218 Å². The van der Waals surface area contributed by atoms with Crippen molar-refractivity contribution in [3.63, 3.8) is 0 Å². The van der Waals surface area contributed by atoms with Crippen LogP contribution in [0.2, 0.25) is 0 Å². The van der Waals surface area contributed by atoms with E-state index in [4.69, 9.17) is 15.0 Å². The van der Waals surface area contributed by atoms with Crippen LogP contribution in [-0.4, -0.2) is 19.5 Å². The van der Waals surface area contributed by atoms with Gasteiger partial charge in [-0.2, -0.15) is 0 Å². The van der Waals surface area contributed by atoms with Crippen molar-refractivity contribution in [2.45, 2.75) is 19.3 Å². The molecular weight excluding hydrogens is 777 g/mol. The monoisotopic (exact) mass is 818 g/mol. The zero-order valence-electron chi connectivity index (χ0n) is 35.6. The van der Waals surface area contributed by atoms with E-state index in [1.807, 2.05) is 12.1 Å². The van der Waals surface area contributed by atoms with E-state index in [0.29, 0.717) is 17.5 Å². The molecule has 2 aromatic heterocycles. The molecule has 11 aromatic rings. The van der Waals surface area contributed by atoms with Crippen molar-refractivity contribution in [2.24, 2.45) is 0 Å². The largest absolute Gasteiger partial charge is 0.309 e. The molecule has 0 atom stereocenters. The summed E-state index contributed by atoms with van der Waals surface area (Å²) in [7, 11) is 0. The van der Waals surface area contributed by atoms with Gasteiger partial charge in [-0.3, -0.25) is 0 Å². The molecular formula is C60H42N4. The molecule has 0 spiro atoms. The van der Waals surface area contributed by atoms with Gasteiger partial charge in [-0.1, -0.05) is 184 Å². The molecule has 0 amide bonds. The summed E-state index contributed by atoms with van der Waals surface area (Å²) in [4.78, 5) is 15.6. The van der Waals surface area contributed by atoms with Gasteiger partial charge in [-0.05, 0) is 104 Å². The molecule has 0 unspecified atom stereocenters. The molecule has 0 saturated carbocycles. The summed E-state index contributed by atoms with van der Waals surface area (Å²) in [5.74, 6) is 1.88. The van der Waals surface area contributed by atoms with Crippen LogP contribution in [-0.2, 0) is 5.41 Å². The highest BCUT2D eigenvalue weighted by atomic mass is 15.0. The molecule has 0 fully saturated rings. The molecule has 0 bridgehead atoms. The lowest BCUT2D eigenvalue weighted by Gasteiger charge is -2.22. The minimum atomic E-state index is -0.0829. The number of hydrogen-bond donors (Lipinski definition) is 0. The van der Waals surface area contributed by atoms with Crippen molar-refractivity contribution >= 4 is 21.8 Å². The van der Waals surface area contributed by atoms with Crippen LogP contribution in [0.1, 0.15) is 25.0 Å². The van der Waals surface area contributed by atoms with Gasteiger partial charge in [-0.15, -0.1) is 0 Å². The molecule has 4 nitrogen and oxygen atoms in total. The van der Waals surface area contributed by atoms with E-state index in [2.05, 4.69) is 225 Å². The molecule has 0 aliphatic heterocycles. The summed E-state index contributed by atoms with van der Waals surface area (Å²) >= 11 is 0. The zero-order chi connectivity index (χ0) is 42.8. The summed E-state index contributed by atoms with van der Waals surface area (Å²) in [6.45, 7) is 4.69. The number of nitrogens with zero attached hydrogens (tertiary/aromatic N) is 4. The second-order valence-corrected chi connectivity index (χ2v) is 17.3. The van der Waals surface area contributed by atoms with E-state index in [-0.39, 0.29) is 5.41 Å². The topological polar surface area (TPSA) is 43.6 Å². The van der Waals surface area contributed by atoms with Crippen LogP contribution in [0.25, 0.3) is 106 Å². The van der Waals surface area contributed by atoms with Crippen molar-refractivity contribution in [1.82, 2.24) is 19.5 Å². The molecule has 9 aromatic carbocycles. The molecule has 0 radical (unpaired) electrons. The van der Waals surface area contributed by atoms with E-state index in [1.54, 1.807) is 0 Å². The third kappa shape index (κ3) is 6.34. The molecule has 4 heteroatoms. The molecule has 1 aliphatic rings. The average Bonchev–Trinajstić information content (AvgIpc) is 3.81. The molecule has 0 N–H and O–H groups in total. The first-order chi connectivity index (χ1) is 31.5. The Bertz CT molecular complexity index is 3430. The quantitative estimate of drug-likeness (QED) is 0.161. The number of benzene rings is 9. The fourth-order valence-corrected chi connectivity index (χ4v) is 9.73. The van der Waals surface area contributed by atoms with Gasteiger partial charge in [0.1, 0.15) is 0 Å². The van der Waals surface area contributed by atoms with Crippen LogP contribution in [0.5, 0.6) is 0 Å². The van der Waals surface area contributed by atoms with E-state index in [1.165, 1.54) is 49.9 Å². The standard InChI is InChI=1S/C60H42N4/c1-60(2)53-21-13-12-20-49(53)50-33-30-46(38-54(50)60)45-31-34-55-51(36-45)52-37-47(32-35-56(52)64(55)48-18-10-5-11-19-48)59-62-57(43-26-22-41(23-27-43)39-14-6-3-7-15-39)61-58(63-59)44-28-24-42(25-29-44)40-16-8-4-9-17-40/h3-38H,1-2H3. The highest BCUT2D eigenvalue weighted by Gasteiger charge is 2.35. The first-order valence-corrected chi connectivity index (χ1v) is 21.9. The highest BCUT2D eigenvalue weighted by molar-refractivity contribution is 6.11. The molecule has 64 heavy (non-hydrogen) atoms. The average molecular weight is 819 g/mol. The fraction of sp³-hybridized carbons (Fsp3) is 0.0500. The molecule has 12 rings (SSSR count). The minimum absolute atomic E-state index is 0.0829. The van der Waals surface area contributed by atoms with Crippen molar-refractivity contribution in [1.29, 1.82) is 0 Å². The lowest BCUT2D eigenvalue weighted by Crippen LogP contribution is -2.14. The SMILES string of the molecule is CC1(C)c2ccccc2-c2ccc(-c3ccc4c(c3)c3cc(-c5nc(-c6ccc(-c7ccccc7)cc6)nc(-c6ccc(-c7ccccc7)cc6)n5)ccc3n4-c3ccccc3)cc21. The Morgan fingerprint density at radius 3 is 1.28 bits per heavy atom. The van der Waals surface area contributed by atoms with Gasteiger partial charge in [0.2, 0.25) is 0 Å². The summed E-state index contributed by atoms with van der Waals surface area (Å²) in [6, 6.07) is 77.9. The lowest BCUT2D eigenvalue weighted by molar-refractivity contribution is 0.660. The van der Waals surface area contributed by atoms with Crippen LogP contribution in [0, 0.1) is 0 Å². The summed E-state index contributed by atoms with van der Waals surface area (Å²) in [5.41, 5.74) is 18.5. The van der Waals surface area contributed by atoms with Crippen molar-refractivity contribution < 1.29 is 0 Å². The first kappa shape index (κ1) is 37.5. The summed E-state index contributed by atoms with van der Waals surface area (Å²) < 4.78 is 2.37. The van der Waals surface area contributed by atoms with Gasteiger partial charge in [0.05, 0.1) is 11.0 Å². The van der Waals surface area contributed by atoms with Gasteiger partial charge in [0.15, 0.2) is 17.5 Å². The lowest BCUT2D eigenvalue weighted by atomic mass is 9.81. The fourth-order valence-electron chi connectivity index (χ4n) is 9.73. The van der Waals surface area contributed by atoms with E-state index >= 15 is 0 Å². The third-order valence-electron chi connectivity index (χ3n) is 13.1. The van der Waals surface area contributed by atoms with Crippen molar-refractivity contribution in [3.8, 4) is 84.4 Å². The molecule has 0 saturated heterocycles. The third-order valence-corrected chi connectivity index (χ3v) is 13.1. The Kier molecular flexibility index (Phi) is 8.80. The first-order valence-electron chi connectivity index (χ1n) is 21.9. The Balaban J connectivity index is 1.01. The molecule has 2 heterocycles. The second-order valence-electron chi connectivity index (χ2n) is 17.3. The van der Waals surface area contributed by atoms with Gasteiger partial charge in [-0.25, -0.2) is 15.0 Å². The predicted octanol–water partition coefficient (Wildman–Crippen LogP) is 15.3. The summed E-state index contributed by atoms with van der Waals surface area (Å²) in [6.07, 6.45) is 0. The van der Waals surface area contributed by atoms with Gasteiger partial charge in [0.25, 0.3) is 0 Å². The van der Waals surface area contributed by atoms with Crippen LogP contribution >= 0.6 is 0 Å². The van der Waals surface area contributed by atoms with Crippen LogP contribution < -0.4 is 0 Å². The second kappa shape index (κ2) is 15.0. The van der Waals surface area contributed by atoms with Gasteiger partial charge < -0.3 is 4.57 Å². The van der Waals surface area contributed by atoms with Gasteiger partial charge in [0, 0.05) is 38.6 Å². The number of aromatic nitrogens is 4. The van der Waals surface area contributed by atoms with Gasteiger partial charge >= 0.3 is 0 Å². The summed E-state index contributed by atoms with van der Waals surface area (Å²) in [5, 5.41) is 2.30. The predicted molar refractivity (Wildman–Crippen MR) is 264 cm³/mol. The van der Waals surface area contributed by atoms with Crippen molar-refractivity contribution in [3.05, 3.63) is 230 Å². The maximum Gasteiger partial charge on any atom is 0.164 e. The molecule has 1 aliphatic carbocycles. The van der Waals surface area contributed by atoms with E-state index in [9.17, 15) is 0 Å². The van der Waals surface area contributed by atoms with E-state index < -0.39 is 0 Å². The zero-order valence-corrected chi connectivity index (χ0v) is 35.6. The number of fused-ring (bicyclic) bond motifs is 6. The minimum Gasteiger partial charge on any atom is -0.309 e. The number of rotatable bonds is 7. The molecule has 302 valence electrons. The van der Waals surface area contributed by atoms with Crippen LogP contribution in [0.3, 0.4) is 0 Å². The number of para-hydroxylation sites is 1. The Labute approximate surface area is 372 Å². The Morgan fingerprint density at radius 1 is 0.312 bits per heavy atom. The van der Waals surface area contributed by atoms with Crippen molar-refractivity contribution in [2.75, 3.05) is 0 Å². The van der Waals surface area contributed by atoms with Crippen LogP contribution in [0.4, 0.5) is 0 Å². The van der Waals surface area contributed by atoms with E-state index in [0.717, 1.165) is 49.9 Å². The maximum absolute atomic E-state index is 5.22. The number of hydrogen-bond acceptors (Lipinski definition) is 3. The Hall–Kier alpha value is -8.21. The maximum atomic E-state index is 5.22. The highest BCUT2D eigenvalue weighted by Crippen LogP contribution is 2.50. The smallest absolute Gasteiger partial charge is 0.164 e.